The van der Waals surface area contributed by atoms with Crippen molar-refractivity contribution in [3.05, 3.63) is 83.2 Å². The predicted molar refractivity (Wildman–Crippen MR) is 202 cm³/mol. The first kappa shape index (κ1) is 38.9. The van der Waals surface area contributed by atoms with E-state index in [0.29, 0.717) is 47.6 Å². The molecule has 1 saturated heterocycles. The number of carboxylic acid groups (broad SMARTS) is 1. The van der Waals surface area contributed by atoms with E-state index >= 15 is 0 Å². The number of halogens is 1. The SMILES string of the molecule is COc1cc(O[C@H]2C(C)(C)[C@H](NC(=O)c3ccc(N4CCOC(CN(C(C)C)[C@H]5C[C@H](Oc6ccc(C(=O)O)c(F)c6)C5)C4)cc3)C2(C)C)ccc1C#N. The molecule has 54 heavy (non-hydrogen) atoms. The van der Waals surface area contributed by atoms with Gasteiger partial charge in [-0.1, -0.05) is 27.7 Å². The smallest absolute Gasteiger partial charge is 0.338 e. The average molecular weight is 743 g/mol. The molecule has 1 heterocycles. The highest BCUT2D eigenvalue weighted by atomic mass is 19.1. The zero-order chi connectivity index (χ0) is 38.9. The van der Waals surface area contributed by atoms with E-state index in [1.165, 1.54) is 19.2 Å². The van der Waals surface area contributed by atoms with Crippen molar-refractivity contribution < 1.29 is 38.0 Å². The minimum Gasteiger partial charge on any atom is -0.495 e. The number of amides is 1. The van der Waals surface area contributed by atoms with Gasteiger partial charge in [-0.25, -0.2) is 9.18 Å². The van der Waals surface area contributed by atoms with Gasteiger partial charge in [0, 0.05) is 84.8 Å². The number of morpholine rings is 1. The summed E-state index contributed by atoms with van der Waals surface area (Å²) >= 11 is 0. The van der Waals surface area contributed by atoms with E-state index in [1.807, 2.05) is 24.3 Å². The Bertz CT molecular complexity index is 1870. The number of carboxylic acids is 1. The summed E-state index contributed by atoms with van der Waals surface area (Å²) in [5, 5.41) is 21.7. The van der Waals surface area contributed by atoms with Crippen LogP contribution < -0.4 is 24.4 Å². The summed E-state index contributed by atoms with van der Waals surface area (Å²) in [5.41, 5.74) is 0.960. The highest BCUT2D eigenvalue weighted by molar-refractivity contribution is 5.95. The molecule has 0 bridgehead atoms. The summed E-state index contributed by atoms with van der Waals surface area (Å²) in [7, 11) is 1.53. The number of hydrogen-bond donors (Lipinski definition) is 2. The number of nitrogens with one attached hydrogen (secondary N) is 1. The molecule has 2 aliphatic carbocycles. The molecule has 12 heteroatoms. The van der Waals surface area contributed by atoms with Crippen molar-refractivity contribution in [1.82, 2.24) is 10.2 Å². The molecule has 3 aromatic carbocycles. The lowest BCUT2D eigenvalue weighted by atomic mass is 9.49. The topological polar surface area (TPSA) is 134 Å². The highest BCUT2D eigenvalue weighted by Crippen LogP contribution is 2.55. The molecule has 6 rings (SSSR count). The summed E-state index contributed by atoms with van der Waals surface area (Å²) < 4.78 is 38.1. The lowest BCUT2D eigenvalue weighted by Gasteiger charge is -2.63. The fraction of sp³-hybridized carbons (Fsp3) is 0.500. The number of ether oxygens (including phenoxy) is 4. The van der Waals surface area contributed by atoms with E-state index in [4.69, 9.17) is 24.1 Å². The maximum absolute atomic E-state index is 14.2. The van der Waals surface area contributed by atoms with Crippen molar-refractivity contribution in [3.8, 4) is 23.3 Å². The lowest BCUT2D eigenvalue weighted by Crippen LogP contribution is -2.74. The van der Waals surface area contributed by atoms with Gasteiger partial charge in [0.2, 0.25) is 0 Å². The minimum absolute atomic E-state index is 0.00892. The van der Waals surface area contributed by atoms with Crippen molar-refractivity contribution in [2.75, 3.05) is 38.3 Å². The third-order valence-corrected chi connectivity index (χ3v) is 11.4. The van der Waals surface area contributed by atoms with Gasteiger partial charge in [0.15, 0.2) is 0 Å². The first-order chi connectivity index (χ1) is 25.6. The Morgan fingerprint density at radius 2 is 1.70 bits per heavy atom. The number of nitrogens with zero attached hydrogens (tertiary/aromatic N) is 3. The fourth-order valence-corrected chi connectivity index (χ4v) is 8.73. The van der Waals surface area contributed by atoms with Crippen LogP contribution in [0, 0.1) is 28.0 Å². The molecule has 0 radical (unpaired) electrons. The van der Waals surface area contributed by atoms with Crippen molar-refractivity contribution in [3.63, 3.8) is 0 Å². The molecule has 1 unspecified atom stereocenters. The van der Waals surface area contributed by atoms with Crippen LogP contribution in [0.15, 0.2) is 60.7 Å². The summed E-state index contributed by atoms with van der Waals surface area (Å²) in [5.74, 6) is -0.830. The Balaban J connectivity index is 1.01. The highest BCUT2D eigenvalue weighted by Gasteiger charge is 2.64. The van der Waals surface area contributed by atoms with Crippen LogP contribution in [0.5, 0.6) is 17.2 Å². The largest absolute Gasteiger partial charge is 0.495 e. The van der Waals surface area contributed by atoms with Crippen LogP contribution in [0.1, 0.15) is 80.7 Å². The average Bonchev–Trinajstić information content (AvgIpc) is 3.12. The molecule has 1 atom stereocenters. The van der Waals surface area contributed by atoms with Gasteiger partial charge in [-0.2, -0.15) is 5.26 Å². The fourth-order valence-electron chi connectivity index (χ4n) is 8.73. The first-order valence-corrected chi connectivity index (χ1v) is 18.6. The summed E-state index contributed by atoms with van der Waals surface area (Å²) in [6, 6.07) is 19.4. The Kier molecular flexibility index (Phi) is 11.1. The number of benzene rings is 3. The second kappa shape index (κ2) is 15.5. The van der Waals surface area contributed by atoms with Crippen LogP contribution in [0.4, 0.5) is 10.1 Å². The molecule has 0 aromatic heterocycles. The summed E-state index contributed by atoms with van der Waals surface area (Å²) in [6.45, 7) is 15.5. The number of hydrogen-bond acceptors (Lipinski definition) is 9. The van der Waals surface area contributed by atoms with E-state index in [-0.39, 0.29) is 52.7 Å². The molecule has 11 nitrogen and oxygen atoms in total. The van der Waals surface area contributed by atoms with E-state index in [2.05, 4.69) is 62.7 Å². The van der Waals surface area contributed by atoms with Crippen molar-refractivity contribution in [2.45, 2.75) is 90.8 Å². The van der Waals surface area contributed by atoms with Gasteiger partial charge in [0.1, 0.15) is 41.3 Å². The third-order valence-electron chi connectivity index (χ3n) is 11.4. The van der Waals surface area contributed by atoms with Crippen molar-refractivity contribution >= 4 is 17.6 Å². The van der Waals surface area contributed by atoms with E-state index in [0.717, 1.165) is 37.7 Å². The summed E-state index contributed by atoms with van der Waals surface area (Å²) in [6.07, 6.45) is 1.31. The van der Waals surface area contributed by atoms with Gasteiger partial charge < -0.3 is 34.3 Å². The normalized spacial score (nSPS) is 24.2. The number of anilines is 1. The quantitative estimate of drug-likeness (QED) is 0.199. The Labute approximate surface area is 316 Å². The molecule has 0 spiro atoms. The molecular weight excluding hydrogens is 691 g/mol. The number of rotatable bonds is 13. The van der Waals surface area contributed by atoms with Gasteiger partial charge in [-0.15, -0.1) is 0 Å². The molecule has 2 saturated carbocycles. The van der Waals surface area contributed by atoms with Crippen LogP contribution in [-0.4, -0.2) is 91.7 Å². The lowest BCUT2D eigenvalue weighted by molar-refractivity contribution is -0.164. The van der Waals surface area contributed by atoms with Gasteiger partial charge in [-0.05, 0) is 62.4 Å². The molecule has 3 fully saturated rings. The zero-order valence-corrected chi connectivity index (χ0v) is 32.1. The van der Waals surface area contributed by atoms with Crippen molar-refractivity contribution in [2.24, 2.45) is 10.8 Å². The van der Waals surface area contributed by atoms with E-state index in [9.17, 15) is 19.2 Å². The molecule has 3 aromatic rings. The van der Waals surface area contributed by atoms with Crippen molar-refractivity contribution in [1.29, 1.82) is 5.26 Å². The number of carbonyl (C=O) groups is 2. The Morgan fingerprint density at radius 3 is 2.31 bits per heavy atom. The molecule has 288 valence electrons. The zero-order valence-electron chi connectivity index (χ0n) is 32.1. The number of aromatic carboxylic acids is 1. The van der Waals surface area contributed by atoms with Crippen LogP contribution in [-0.2, 0) is 4.74 Å². The van der Waals surface area contributed by atoms with Gasteiger partial charge in [0.25, 0.3) is 5.91 Å². The predicted octanol–water partition coefficient (Wildman–Crippen LogP) is 6.54. The molecular formula is C42H51FN4O7. The maximum atomic E-state index is 14.2. The van der Waals surface area contributed by atoms with Crippen LogP contribution in [0.25, 0.3) is 0 Å². The van der Waals surface area contributed by atoms with Crippen LogP contribution >= 0.6 is 0 Å². The number of methoxy groups -OCH3 is 1. The van der Waals surface area contributed by atoms with Gasteiger partial charge in [-0.3, -0.25) is 9.69 Å². The maximum Gasteiger partial charge on any atom is 0.338 e. The number of nitriles is 1. The van der Waals surface area contributed by atoms with Gasteiger partial charge in [0.05, 0.1) is 30.9 Å². The van der Waals surface area contributed by atoms with Gasteiger partial charge >= 0.3 is 5.97 Å². The molecule has 1 aliphatic heterocycles. The van der Waals surface area contributed by atoms with Crippen LogP contribution in [0.3, 0.4) is 0 Å². The molecule has 2 N–H and O–H groups in total. The molecule has 1 amide bonds. The third kappa shape index (κ3) is 7.84. The monoisotopic (exact) mass is 742 g/mol. The molecule has 3 aliphatic rings. The second-order valence-corrected chi connectivity index (χ2v) is 16.1. The first-order valence-electron chi connectivity index (χ1n) is 18.6. The van der Waals surface area contributed by atoms with Crippen LogP contribution in [0.2, 0.25) is 0 Å². The summed E-state index contributed by atoms with van der Waals surface area (Å²) in [4.78, 5) is 29.4. The number of carbonyl (C=O) groups excluding carboxylic acids is 1. The van der Waals surface area contributed by atoms with E-state index in [1.54, 1.807) is 18.2 Å². The van der Waals surface area contributed by atoms with E-state index < -0.39 is 11.8 Å². The minimum atomic E-state index is -1.30. The standard InChI is InChI=1S/C42H51FN4O7/c1-25(2)47(29-18-32(19-29)53-30-14-15-34(38(49)50)35(43)20-30)24-33-23-46(16-17-52-33)28-11-8-26(9-12-28)37(48)45-39-41(3,4)40(42(39,5)6)54-31-13-10-27(22-44)36(21-31)51-7/h8-15,20-21,25,29,32-33,39-40H,16-19,23-24H2,1-7H3,(H,45,48)(H,49,50)/t29-,32-,33?,39-,40-. The second-order valence-electron chi connectivity index (χ2n) is 16.1. The Hall–Kier alpha value is -4.86. The Morgan fingerprint density at radius 1 is 1.04 bits per heavy atom.